The van der Waals surface area contributed by atoms with Crippen molar-refractivity contribution < 1.29 is 14.7 Å². The van der Waals surface area contributed by atoms with Gasteiger partial charge in [-0.05, 0) is 90.8 Å². The predicted octanol–water partition coefficient (Wildman–Crippen LogP) is 6.12. The molecule has 0 heterocycles. The van der Waals surface area contributed by atoms with E-state index in [0.717, 1.165) is 32.1 Å². The zero-order valence-corrected chi connectivity index (χ0v) is 18.9. The quantitative estimate of drug-likeness (QED) is 0.365. The average molecular weight is 423 g/mol. The molecule has 1 fully saturated rings. The van der Waals surface area contributed by atoms with Crippen molar-refractivity contribution in [3.05, 3.63) is 64.4 Å². The number of nitrogens with zero attached hydrogens (tertiary/aromatic N) is 1. The van der Waals surface area contributed by atoms with E-state index in [4.69, 9.17) is 9.94 Å². The Morgan fingerprint density at radius 1 is 1.16 bits per heavy atom. The van der Waals surface area contributed by atoms with Crippen molar-refractivity contribution in [1.29, 1.82) is 0 Å². The van der Waals surface area contributed by atoms with Gasteiger partial charge in [-0.3, -0.25) is 10.0 Å². The van der Waals surface area contributed by atoms with Gasteiger partial charge in [-0.25, -0.2) is 0 Å². The molecule has 4 rings (SSSR count). The predicted molar refractivity (Wildman–Crippen MR) is 121 cm³/mol. The second kappa shape index (κ2) is 7.95. The zero-order chi connectivity index (χ0) is 22.4. The number of anilines is 1. The number of fused-ring (bicyclic) bond motifs is 3. The molecule has 2 aliphatic carbocycles. The van der Waals surface area contributed by atoms with Crippen LogP contribution < -0.4 is 9.96 Å². The van der Waals surface area contributed by atoms with Crippen LogP contribution in [0.2, 0.25) is 0 Å². The molecule has 0 aromatic heterocycles. The Labute approximate surface area is 184 Å². The molecule has 0 amide bonds. The number of ether oxygens (including phenoxy) is 1. The number of esters is 1. The standard InChI is InChI=1S/C26H32NO4/c1-17(2)18-6-12-22-19(16-18)7-13-23-25(22,3)14-5-15-26(23,4)24(28)31-21-10-8-20(9-11-21)27(29)30/h6,8-12,16-17,23,29H,5,7,13-15H2,1-4H3/q-1. The van der Waals surface area contributed by atoms with Crippen molar-refractivity contribution >= 4 is 11.7 Å². The molecule has 31 heavy (non-hydrogen) atoms. The van der Waals surface area contributed by atoms with Crippen LogP contribution in [0, 0.1) is 16.5 Å². The van der Waals surface area contributed by atoms with Gasteiger partial charge in [0.1, 0.15) is 5.75 Å². The summed E-state index contributed by atoms with van der Waals surface area (Å²) < 4.78 is 5.78. The van der Waals surface area contributed by atoms with Gasteiger partial charge >= 0.3 is 5.97 Å². The minimum absolute atomic E-state index is 0.0427. The summed E-state index contributed by atoms with van der Waals surface area (Å²) in [6.07, 6.45) is 4.85. The van der Waals surface area contributed by atoms with Crippen LogP contribution in [0.4, 0.5) is 5.69 Å². The largest absolute Gasteiger partial charge is 0.733 e. The minimum Gasteiger partial charge on any atom is -0.733 e. The lowest BCUT2D eigenvalue weighted by atomic mass is 9.49. The van der Waals surface area contributed by atoms with Crippen LogP contribution in [0.15, 0.2) is 42.5 Å². The third kappa shape index (κ3) is 3.74. The van der Waals surface area contributed by atoms with Crippen LogP contribution in [0.5, 0.6) is 5.75 Å². The lowest BCUT2D eigenvalue weighted by Gasteiger charge is -2.54. The maximum Gasteiger partial charge on any atom is 0.317 e. The fourth-order valence-electron chi connectivity index (χ4n) is 5.98. The number of carbonyl (C=O) groups excluding carboxylic acids is 1. The number of aryl methyl sites for hydroxylation is 1. The van der Waals surface area contributed by atoms with Gasteiger partial charge in [0.2, 0.25) is 0 Å². The van der Waals surface area contributed by atoms with E-state index in [9.17, 15) is 10.0 Å². The van der Waals surface area contributed by atoms with Gasteiger partial charge in [0.05, 0.1) is 11.1 Å². The van der Waals surface area contributed by atoms with E-state index in [1.165, 1.54) is 28.8 Å². The van der Waals surface area contributed by atoms with Crippen molar-refractivity contribution in [3.8, 4) is 5.75 Å². The number of benzene rings is 2. The van der Waals surface area contributed by atoms with E-state index in [1.807, 2.05) is 0 Å². The van der Waals surface area contributed by atoms with Crippen molar-refractivity contribution in [1.82, 2.24) is 0 Å². The highest BCUT2D eigenvalue weighted by Crippen LogP contribution is 2.57. The molecular weight excluding hydrogens is 390 g/mol. The normalized spacial score (nSPS) is 27.4. The first-order valence-corrected chi connectivity index (χ1v) is 11.3. The van der Waals surface area contributed by atoms with Crippen LogP contribution in [0.25, 0.3) is 0 Å². The van der Waals surface area contributed by atoms with E-state index >= 15 is 0 Å². The van der Waals surface area contributed by atoms with Gasteiger partial charge in [-0.15, -0.1) is 0 Å². The highest BCUT2D eigenvalue weighted by Gasteiger charge is 2.55. The summed E-state index contributed by atoms with van der Waals surface area (Å²) in [5, 5.41) is 19.8. The molecule has 0 aliphatic heterocycles. The number of hydrogen-bond donors (Lipinski definition) is 1. The van der Waals surface area contributed by atoms with Gasteiger partial charge in [-0.2, -0.15) is 0 Å². The molecule has 0 saturated heterocycles. The van der Waals surface area contributed by atoms with Crippen LogP contribution in [-0.2, 0) is 16.6 Å². The third-order valence-corrected chi connectivity index (χ3v) is 7.78. The highest BCUT2D eigenvalue weighted by molar-refractivity contribution is 5.80. The first-order valence-electron chi connectivity index (χ1n) is 11.3. The van der Waals surface area contributed by atoms with Crippen molar-refractivity contribution in [2.45, 2.75) is 71.1 Å². The number of carbonyl (C=O) groups is 1. The molecule has 5 nitrogen and oxygen atoms in total. The molecule has 1 saturated carbocycles. The second-order valence-corrected chi connectivity index (χ2v) is 10.0. The molecule has 2 aromatic rings. The van der Waals surface area contributed by atoms with Crippen molar-refractivity contribution in [2.24, 2.45) is 11.3 Å². The fraction of sp³-hybridized carbons (Fsp3) is 0.500. The molecule has 166 valence electrons. The van der Waals surface area contributed by atoms with Gasteiger partial charge in [0, 0.05) is 0 Å². The van der Waals surface area contributed by atoms with Crippen molar-refractivity contribution in [3.63, 3.8) is 0 Å². The van der Waals surface area contributed by atoms with E-state index in [2.05, 4.69) is 45.9 Å². The van der Waals surface area contributed by atoms with Crippen LogP contribution in [0.1, 0.15) is 76.0 Å². The van der Waals surface area contributed by atoms with E-state index in [-0.39, 0.29) is 28.2 Å². The smallest absolute Gasteiger partial charge is 0.317 e. The maximum atomic E-state index is 13.4. The molecule has 0 spiro atoms. The number of rotatable bonds is 4. The monoisotopic (exact) mass is 422 g/mol. The Bertz CT molecular complexity index is 968. The highest BCUT2D eigenvalue weighted by atomic mass is 16.8. The van der Waals surface area contributed by atoms with Gasteiger partial charge in [0.25, 0.3) is 0 Å². The lowest BCUT2D eigenvalue weighted by Crippen LogP contribution is -2.53. The molecular formula is C26H32NO4-. The lowest BCUT2D eigenvalue weighted by molar-refractivity contribution is -0.154. The summed E-state index contributed by atoms with van der Waals surface area (Å²) in [6, 6.07) is 12.9. The molecule has 1 N–H and O–H groups in total. The molecule has 3 atom stereocenters. The van der Waals surface area contributed by atoms with Crippen LogP contribution in [-0.4, -0.2) is 11.2 Å². The summed E-state index contributed by atoms with van der Waals surface area (Å²) in [7, 11) is 0. The summed E-state index contributed by atoms with van der Waals surface area (Å²) in [4.78, 5) is 13.4. The third-order valence-electron chi connectivity index (χ3n) is 7.78. The molecule has 5 heteroatoms. The summed E-state index contributed by atoms with van der Waals surface area (Å²) in [5.74, 6) is 0.907. The zero-order valence-electron chi connectivity index (χ0n) is 18.9. The van der Waals surface area contributed by atoms with Gasteiger partial charge in [-0.1, -0.05) is 45.4 Å². The SMILES string of the molecule is CC(C)c1ccc2c(c1)CCC1C(C)(C(=O)Oc3ccc(N([O-])O)cc3)CCCC21C. The fourth-order valence-corrected chi connectivity index (χ4v) is 5.98. The van der Waals surface area contributed by atoms with Crippen LogP contribution >= 0.6 is 0 Å². The molecule has 2 aliphatic rings. The Kier molecular flexibility index (Phi) is 5.61. The summed E-state index contributed by atoms with van der Waals surface area (Å²) in [6.45, 7) is 8.84. The van der Waals surface area contributed by atoms with Crippen molar-refractivity contribution in [2.75, 3.05) is 5.23 Å². The maximum absolute atomic E-state index is 13.4. The Morgan fingerprint density at radius 3 is 2.52 bits per heavy atom. The van der Waals surface area contributed by atoms with E-state index in [1.54, 1.807) is 12.1 Å². The molecule has 3 unspecified atom stereocenters. The van der Waals surface area contributed by atoms with Crippen LogP contribution in [0.3, 0.4) is 0 Å². The second-order valence-electron chi connectivity index (χ2n) is 10.0. The average Bonchev–Trinajstić information content (AvgIpc) is 2.73. The number of hydrogen-bond acceptors (Lipinski definition) is 5. The Balaban J connectivity index is 1.61. The first kappa shape index (κ1) is 21.8. The topological polar surface area (TPSA) is 72.8 Å². The van der Waals surface area contributed by atoms with Gasteiger partial charge < -0.3 is 15.2 Å². The minimum atomic E-state index is -0.568. The van der Waals surface area contributed by atoms with Gasteiger partial charge in [0.15, 0.2) is 0 Å². The molecule has 0 bridgehead atoms. The Morgan fingerprint density at radius 2 is 1.87 bits per heavy atom. The summed E-state index contributed by atoms with van der Waals surface area (Å²) in [5.41, 5.74) is 3.70. The summed E-state index contributed by atoms with van der Waals surface area (Å²) >= 11 is 0. The Hall–Kier alpha value is -2.37. The molecule has 2 aromatic carbocycles. The first-order chi connectivity index (χ1) is 14.6. The van der Waals surface area contributed by atoms with E-state index < -0.39 is 5.41 Å². The molecule has 0 radical (unpaired) electrons. The van der Waals surface area contributed by atoms with E-state index in [0.29, 0.717) is 11.7 Å².